The van der Waals surface area contributed by atoms with Gasteiger partial charge in [-0.25, -0.2) is 0 Å². The summed E-state index contributed by atoms with van der Waals surface area (Å²) in [5.74, 6) is 1.36. The van der Waals surface area contributed by atoms with Gasteiger partial charge in [0.1, 0.15) is 6.61 Å². The number of methoxy groups -OCH3 is 1. The van der Waals surface area contributed by atoms with E-state index in [1.807, 2.05) is 48.5 Å². The average molecular weight is 259 g/mol. The third-order valence-corrected chi connectivity index (χ3v) is 2.82. The van der Waals surface area contributed by atoms with Crippen LogP contribution in [0, 0.1) is 0 Å². The Labute approximate surface area is 115 Å². The summed E-state index contributed by atoms with van der Waals surface area (Å²) in [5.41, 5.74) is 7.56. The summed E-state index contributed by atoms with van der Waals surface area (Å²) in [6, 6.07) is 15.6. The standard InChI is InChI=1S/C16H19NO2/c1-18-16-11-13(9-10-17)7-8-15(16)19-12-14-5-3-2-4-6-14/h2-8,11H,9-10,12,17H2,1H3/i10T. The van der Waals surface area contributed by atoms with Crippen LogP contribution < -0.4 is 15.2 Å². The molecule has 0 aliphatic carbocycles. The Morgan fingerprint density at radius 3 is 2.53 bits per heavy atom. The fourth-order valence-corrected chi connectivity index (χ4v) is 1.83. The zero-order valence-electron chi connectivity index (χ0n) is 12.0. The first-order valence-electron chi connectivity index (χ1n) is 6.78. The number of rotatable bonds is 6. The van der Waals surface area contributed by atoms with E-state index < -0.39 is 6.52 Å². The van der Waals surface area contributed by atoms with Crippen LogP contribution in [0.2, 0.25) is 0 Å². The van der Waals surface area contributed by atoms with Gasteiger partial charge >= 0.3 is 0 Å². The Kier molecular flexibility index (Phi) is 4.32. The van der Waals surface area contributed by atoms with Gasteiger partial charge < -0.3 is 15.2 Å². The second kappa shape index (κ2) is 6.81. The molecule has 0 heterocycles. The number of ether oxygens (including phenoxy) is 2. The van der Waals surface area contributed by atoms with Gasteiger partial charge in [0, 0.05) is 1.37 Å². The van der Waals surface area contributed by atoms with Crippen molar-refractivity contribution >= 4 is 0 Å². The van der Waals surface area contributed by atoms with Crippen LogP contribution >= 0.6 is 0 Å². The summed E-state index contributed by atoms with van der Waals surface area (Å²) in [4.78, 5) is 0. The summed E-state index contributed by atoms with van der Waals surface area (Å²) in [6.45, 7) is -0.120. The van der Waals surface area contributed by atoms with Crippen LogP contribution in [0.3, 0.4) is 0 Å². The second-order valence-corrected chi connectivity index (χ2v) is 4.20. The lowest BCUT2D eigenvalue weighted by Crippen LogP contribution is -2.03. The molecule has 0 amide bonds. The smallest absolute Gasteiger partial charge is 0.161 e. The van der Waals surface area contributed by atoms with Crippen molar-refractivity contribution in [3.05, 3.63) is 59.7 Å². The summed E-state index contributed by atoms with van der Waals surface area (Å²) in [5, 5.41) is 0. The van der Waals surface area contributed by atoms with Crippen molar-refractivity contribution in [2.24, 2.45) is 5.73 Å². The van der Waals surface area contributed by atoms with E-state index in [2.05, 4.69) is 0 Å². The van der Waals surface area contributed by atoms with Crippen molar-refractivity contribution in [1.82, 2.24) is 0 Å². The summed E-state index contributed by atoms with van der Waals surface area (Å²) in [7, 11) is 1.61. The van der Waals surface area contributed by atoms with Crippen LogP contribution in [-0.4, -0.2) is 13.6 Å². The number of hydrogen-bond acceptors (Lipinski definition) is 3. The summed E-state index contributed by atoms with van der Waals surface area (Å²) in [6.07, 6.45) is 0.495. The van der Waals surface area contributed by atoms with Gasteiger partial charge in [0.05, 0.1) is 7.11 Å². The largest absolute Gasteiger partial charge is 0.493 e. The van der Waals surface area contributed by atoms with Crippen LogP contribution in [0.25, 0.3) is 0 Å². The predicted molar refractivity (Wildman–Crippen MR) is 76.5 cm³/mol. The minimum absolute atomic E-state index is 0.495. The van der Waals surface area contributed by atoms with E-state index in [0.29, 0.717) is 24.5 Å². The topological polar surface area (TPSA) is 44.5 Å². The highest BCUT2D eigenvalue weighted by Crippen LogP contribution is 2.28. The highest BCUT2D eigenvalue weighted by atomic mass is 16.5. The number of nitrogens with two attached hydrogens (primary N) is 1. The van der Waals surface area contributed by atoms with E-state index in [4.69, 9.17) is 16.6 Å². The van der Waals surface area contributed by atoms with Gasteiger partial charge in [-0.15, -0.1) is 0 Å². The average Bonchev–Trinajstić information content (AvgIpc) is 2.46. The number of aryl methyl sites for hydroxylation is 1. The fourth-order valence-electron chi connectivity index (χ4n) is 1.83. The molecule has 2 rings (SSSR count). The molecule has 0 spiro atoms. The first-order chi connectivity index (χ1) is 9.69. The van der Waals surface area contributed by atoms with Gasteiger partial charge in [0.15, 0.2) is 11.5 Å². The summed E-state index contributed by atoms with van der Waals surface area (Å²) < 4.78 is 18.5. The molecule has 0 aliphatic heterocycles. The third-order valence-electron chi connectivity index (χ3n) is 2.82. The molecule has 1 atom stereocenters. The van der Waals surface area contributed by atoms with Crippen molar-refractivity contribution in [2.45, 2.75) is 13.0 Å². The Morgan fingerprint density at radius 2 is 1.84 bits per heavy atom. The van der Waals surface area contributed by atoms with E-state index in [1.54, 1.807) is 7.11 Å². The molecule has 0 aliphatic rings. The number of hydrogen-bond donors (Lipinski definition) is 1. The predicted octanol–water partition coefficient (Wildman–Crippen LogP) is 2.78. The lowest BCUT2D eigenvalue weighted by atomic mass is 10.1. The maximum atomic E-state index is 7.40. The maximum Gasteiger partial charge on any atom is 0.161 e. The molecule has 3 heteroatoms. The molecule has 2 N–H and O–H groups in total. The monoisotopic (exact) mass is 259 g/mol. The molecule has 0 radical (unpaired) electrons. The lowest BCUT2D eigenvalue weighted by Gasteiger charge is -2.12. The molecule has 0 bridgehead atoms. The van der Waals surface area contributed by atoms with E-state index in [-0.39, 0.29) is 0 Å². The molecule has 0 fully saturated rings. The molecule has 0 saturated carbocycles. The molecule has 19 heavy (non-hydrogen) atoms. The van der Waals surface area contributed by atoms with Gasteiger partial charge in [-0.05, 0) is 36.2 Å². The normalized spacial score (nSPS) is 12.6. The molecule has 0 saturated heterocycles. The van der Waals surface area contributed by atoms with E-state index in [0.717, 1.165) is 11.1 Å². The first kappa shape index (κ1) is 12.1. The fraction of sp³-hybridized carbons (Fsp3) is 0.250. The highest BCUT2D eigenvalue weighted by molar-refractivity contribution is 5.43. The van der Waals surface area contributed by atoms with Crippen molar-refractivity contribution < 1.29 is 10.8 Å². The molecular weight excluding hydrogens is 238 g/mol. The van der Waals surface area contributed by atoms with Crippen LogP contribution in [0.15, 0.2) is 48.5 Å². The zero-order valence-corrected chi connectivity index (χ0v) is 11.0. The maximum absolute atomic E-state index is 7.40. The Bertz CT molecular complexity index is 543. The third kappa shape index (κ3) is 3.73. The molecule has 2 aromatic rings. The minimum atomic E-state index is -0.615. The minimum Gasteiger partial charge on any atom is -0.493 e. The number of benzene rings is 2. The van der Waals surface area contributed by atoms with Gasteiger partial charge in [-0.1, -0.05) is 36.4 Å². The lowest BCUT2D eigenvalue weighted by molar-refractivity contribution is 0.284. The molecule has 3 nitrogen and oxygen atoms in total. The van der Waals surface area contributed by atoms with Crippen molar-refractivity contribution in [3.63, 3.8) is 0 Å². The van der Waals surface area contributed by atoms with Crippen LogP contribution in [0.5, 0.6) is 11.5 Å². The van der Waals surface area contributed by atoms with E-state index >= 15 is 0 Å². The summed E-state index contributed by atoms with van der Waals surface area (Å²) >= 11 is 0. The van der Waals surface area contributed by atoms with E-state index in [9.17, 15) is 0 Å². The van der Waals surface area contributed by atoms with Crippen LogP contribution in [-0.2, 0) is 13.0 Å². The Morgan fingerprint density at radius 1 is 1.05 bits per heavy atom. The molecule has 2 aromatic carbocycles. The molecule has 1 unspecified atom stereocenters. The van der Waals surface area contributed by atoms with Crippen LogP contribution in [0.1, 0.15) is 12.5 Å². The van der Waals surface area contributed by atoms with Gasteiger partial charge in [-0.2, -0.15) is 0 Å². The van der Waals surface area contributed by atoms with Crippen LogP contribution in [0.4, 0.5) is 0 Å². The van der Waals surface area contributed by atoms with E-state index in [1.165, 1.54) is 0 Å². The SMILES string of the molecule is [3H]C(N)Cc1ccc(OCc2ccccc2)c(OC)c1. The zero-order chi connectivity index (χ0) is 14.4. The van der Waals surface area contributed by atoms with Crippen molar-refractivity contribution in [2.75, 3.05) is 13.6 Å². The van der Waals surface area contributed by atoms with Gasteiger partial charge in [0.25, 0.3) is 0 Å². The molecular formula is C16H19NO2. The van der Waals surface area contributed by atoms with Gasteiger partial charge in [0.2, 0.25) is 0 Å². The Balaban J connectivity index is 2.07. The highest BCUT2D eigenvalue weighted by Gasteiger charge is 2.05. The quantitative estimate of drug-likeness (QED) is 0.867. The Hall–Kier alpha value is -2.00. The second-order valence-electron chi connectivity index (χ2n) is 4.20. The van der Waals surface area contributed by atoms with Crippen molar-refractivity contribution in [1.29, 1.82) is 0 Å². The van der Waals surface area contributed by atoms with Gasteiger partial charge in [-0.3, -0.25) is 0 Å². The molecule has 0 aromatic heterocycles. The first-order valence-corrected chi connectivity index (χ1v) is 6.20. The molecule has 100 valence electrons. The van der Waals surface area contributed by atoms with Crippen molar-refractivity contribution in [3.8, 4) is 11.5 Å².